The summed E-state index contributed by atoms with van der Waals surface area (Å²) in [5.74, 6) is 1.95. The fraction of sp³-hybridized carbons (Fsp3) is 0.222. The summed E-state index contributed by atoms with van der Waals surface area (Å²) in [5, 5.41) is 9.98. The number of pyridine rings is 1. The zero-order valence-corrected chi connectivity index (χ0v) is 14.4. The first kappa shape index (κ1) is 18.6. The van der Waals surface area contributed by atoms with Crippen molar-refractivity contribution in [2.24, 2.45) is 5.92 Å². The van der Waals surface area contributed by atoms with Gasteiger partial charge in [0.25, 0.3) is 0 Å². The zero-order valence-electron chi connectivity index (χ0n) is 13.6. The Labute approximate surface area is 145 Å². The molecular formula is C18H16FNO4S. The number of sulfone groups is 1. The lowest BCUT2D eigenvalue weighted by atomic mass is 9.87. The molecule has 0 spiro atoms. The van der Waals surface area contributed by atoms with Crippen LogP contribution in [-0.4, -0.2) is 24.5 Å². The number of halogens is 1. The van der Waals surface area contributed by atoms with Gasteiger partial charge >= 0.3 is 5.97 Å². The van der Waals surface area contributed by atoms with Crippen molar-refractivity contribution < 1.29 is 22.7 Å². The molecule has 7 heteroatoms. The SMILES string of the molecule is CC#CC(C)C(C(=O)O)(c1cccnc1)S(=O)(=O)c1ccc(F)cc1. The van der Waals surface area contributed by atoms with Crippen LogP contribution in [0.5, 0.6) is 0 Å². The number of rotatable bonds is 5. The highest BCUT2D eigenvalue weighted by Gasteiger charge is 2.57. The minimum absolute atomic E-state index is 0.0120. The highest BCUT2D eigenvalue weighted by Crippen LogP contribution is 2.42. The van der Waals surface area contributed by atoms with E-state index >= 15 is 0 Å². The van der Waals surface area contributed by atoms with Gasteiger partial charge in [-0.2, -0.15) is 0 Å². The first-order chi connectivity index (χ1) is 11.8. The van der Waals surface area contributed by atoms with Crippen molar-refractivity contribution in [1.29, 1.82) is 0 Å². The van der Waals surface area contributed by atoms with Crippen LogP contribution in [0.15, 0.2) is 53.7 Å². The molecule has 2 atom stereocenters. The largest absolute Gasteiger partial charge is 0.480 e. The van der Waals surface area contributed by atoms with Crippen LogP contribution in [-0.2, 0) is 19.4 Å². The summed E-state index contributed by atoms with van der Waals surface area (Å²) in [4.78, 5) is 15.8. The van der Waals surface area contributed by atoms with Crippen molar-refractivity contribution in [2.75, 3.05) is 0 Å². The molecule has 2 unspecified atom stereocenters. The van der Waals surface area contributed by atoms with E-state index in [1.54, 1.807) is 0 Å². The Morgan fingerprint density at radius 1 is 1.28 bits per heavy atom. The van der Waals surface area contributed by atoms with Gasteiger partial charge in [0.15, 0.2) is 9.84 Å². The Bertz CT molecular complexity index is 931. The van der Waals surface area contributed by atoms with Gasteiger partial charge < -0.3 is 5.11 Å². The number of nitrogens with zero attached hydrogens (tertiary/aromatic N) is 1. The highest BCUT2D eigenvalue weighted by atomic mass is 32.2. The Kier molecular flexibility index (Phi) is 5.24. The van der Waals surface area contributed by atoms with Gasteiger partial charge in [-0.3, -0.25) is 9.78 Å². The van der Waals surface area contributed by atoms with E-state index in [1.807, 2.05) is 0 Å². The molecule has 0 aliphatic rings. The summed E-state index contributed by atoms with van der Waals surface area (Å²) >= 11 is 0. The fourth-order valence-corrected chi connectivity index (χ4v) is 4.81. The summed E-state index contributed by atoms with van der Waals surface area (Å²) < 4.78 is 37.5. The molecule has 2 rings (SSSR count). The molecule has 1 N–H and O–H groups in total. The molecule has 0 fully saturated rings. The van der Waals surface area contributed by atoms with Crippen LogP contribution >= 0.6 is 0 Å². The average Bonchev–Trinajstić information content (AvgIpc) is 2.56. The molecule has 0 saturated carbocycles. The van der Waals surface area contributed by atoms with Crippen LogP contribution in [0.1, 0.15) is 19.4 Å². The van der Waals surface area contributed by atoms with Crippen molar-refractivity contribution in [3.63, 3.8) is 0 Å². The molecule has 1 aromatic heterocycles. The summed E-state index contributed by atoms with van der Waals surface area (Å²) in [6, 6.07) is 6.88. The van der Waals surface area contributed by atoms with E-state index in [0.717, 1.165) is 24.3 Å². The van der Waals surface area contributed by atoms with Crippen molar-refractivity contribution in [3.8, 4) is 11.8 Å². The smallest absolute Gasteiger partial charge is 0.331 e. The predicted molar refractivity (Wildman–Crippen MR) is 89.8 cm³/mol. The zero-order chi connectivity index (χ0) is 18.7. The number of hydrogen-bond donors (Lipinski definition) is 1. The second kappa shape index (κ2) is 7.03. The minimum atomic E-state index is -4.46. The van der Waals surface area contributed by atoms with E-state index in [4.69, 9.17) is 0 Å². The van der Waals surface area contributed by atoms with Gasteiger partial charge in [-0.05, 0) is 44.2 Å². The van der Waals surface area contributed by atoms with Gasteiger partial charge in [0.2, 0.25) is 4.75 Å². The van der Waals surface area contributed by atoms with Gasteiger partial charge in [0.05, 0.1) is 10.8 Å². The van der Waals surface area contributed by atoms with E-state index in [0.29, 0.717) is 0 Å². The second-order valence-electron chi connectivity index (χ2n) is 5.36. The van der Waals surface area contributed by atoms with E-state index in [9.17, 15) is 22.7 Å². The summed E-state index contributed by atoms with van der Waals surface area (Å²) in [6.45, 7) is 2.93. The highest BCUT2D eigenvalue weighted by molar-refractivity contribution is 7.93. The molecule has 0 amide bonds. The van der Waals surface area contributed by atoms with Crippen LogP contribution in [0, 0.1) is 23.6 Å². The minimum Gasteiger partial charge on any atom is -0.480 e. The summed E-state index contributed by atoms with van der Waals surface area (Å²) in [7, 11) is -4.46. The molecule has 25 heavy (non-hydrogen) atoms. The topological polar surface area (TPSA) is 84.3 Å². The molecule has 0 saturated heterocycles. The van der Waals surface area contributed by atoms with Gasteiger partial charge in [-0.1, -0.05) is 12.0 Å². The lowest BCUT2D eigenvalue weighted by Crippen LogP contribution is -2.48. The quantitative estimate of drug-likeness (QED) is 0.654. The number of aliphatic carboxylic acids is 1. The van der Waals surface area contributed by atoms with Gasteiger partial charge in [-0.15, -0.1) is 5.92 Å². The number of hydrogen-bond acceptors (Lipinski definition) is 4. The van der Waals surface area contributed by atoms with Crippen molar-refractivity contribution in [1.82, 2.24) is 4.98 Å². The van der Waals surface area contributed by atoms with Crippen LogP contribution < -0.4 is 0 Å². The van der Waals surface area contributed by atoms with Gasteiger partial charge in [0.1, 0.15) is 5.82 Å². The maximum absolute atomic E-state index is 13.3. The van der Waals surface area contributed by atoms with Gasteiger partial charge in [-0.25, -0.2) is 12.8 Å². The summed E-state index contributed by atoms with van der Waals surface area (Å²) in [6.07, 6.45) is 2.61. The van der Waals surface area contributed by atoms with Crippen molar-refractivity contribution in [2.45, 2.75) is 23.5 Å². The van der Waals surface area contributed by atoms with E-state index < -0.39 is 32.3 Å². The molecule has 2 aromatic rings. The Morgan fingerprint density at radius 2 is 1.92 bits per heavy atom. The third-order valence-electron chi connectivity index (χ3n) is 3.93. The first-order valence-electron chi connectivity index (χ1n) is 7.34. The van der Waals surface area contributed by atoms with Gasteiger partial charge in [0, 0.05) is 18.0 Å². The molecular weight excluding hydrogens is 345 g/mol. The number of aromatic nitrogens is 1. The molecule has 0 radical (unpaired) electrons. The predicted octanol–water partition coefficient (Wildman–Crippen LogP) is 2.63. The third-order valence-corrected chi connectivity index (χ3v) is 6.43. The van der Waals surface area contributed by atoms with E-state index in [2.05, 4.69) is 16.8 Å². The molecule has 130 valence electrons. The molecule has 1 heterocycles. The first-order valence-corrected chi connectivity index (χ1v) is 8.83. The van der Waals surface area contributed by atoms with Crippen LogP contribution in [0.2, 0.25) is 0 Å². The number of carbonyl (C=O) groups is 1. The van der Waals surface area contributed by atoms with Crippen LogP contribution in [0.3, 0.4) is 0 Å². The van der Waals surface area contributed by atoms with Crippen molar-refractivity contribution in [3.05, 3.63) is 60.2 Å². The van der Waals surface area contributed by atoms with E-state index in [1.165, 1.54) is 38.4 Å². The number of carboxylic acids is 1. The normalized spacial score (nSPS) is 14.7. The van der Waals surface area contributed by atoms with Crippen LogP contribution in [0.4, 0.5) is 4.39 Å². The Morgan fingerprint density at radius 3 is 2.40 bits per heavy atom. The lowest BCUT2D eigenvalue weighted by molar-refractivity contribution is -0.141. The Balaban J connectivity index is 2.88. The maximum Gasteiger partial charge on any atom is 0.331 e. The molecule has 0 aliphatic heterocycles. The lowest BCUT2D eigenvalue weighted by Gasteiger charge is -2.32. The monoisotopic (exact) mass is 361 g/mol. The van der Waals surface area contributed by atoms with Crippen molar-refractivity contribution >= 4 is 15.8 Å². The number of carboxylic acid groups (broad SMARTS) is 1. The Hall–Kier alpha value is -2.72. The molecule has 1 aromatic carbocycles. The van der Waals surface area contributed by atoms with E-state index in [-0.39, 0.29) is 10.5 Å². The standard InChI is InChI=1S/C18H16FNO4S/c1-3-5-13(2)18(17(21)22,14-6-4-11-20-12-14)25(23,24)16-9-7-15(19)8-10-16/h4,6-13H,1-2H3,(H,21,22). The second-order valence-corrected chi connectivity index (χ2v) is 7.48. The molecule has 0 aliphatic carbocycles. The molecule has 5 nitrogen and oxygen atoms in total. The number of benzene rings is 1. The fourth-order valence-electron chi connectivity index (χ4n) is 2.76. The van der Waals surface area contributed by atoms with Crippen LogP contribution in [0.25, 0.3) is 0 Å². The molecule has 0 bridgehead atoms. The average molecular weight is 361 g/mol. The third kappa shape index (κ3) is 3.01. The summed E-state index contributed by atoms with van der Waals surface area (Å²) in [5.41, 5.74) is -0.0120. The maximum atomic E-state index is 13.3.